The van der Waals surface area contributed by atoms with Crippen LogP contribution in [0.5, 0.6) is 0 Å². The lowest BCUT2D eigenvalue weighted by atomic mass is 9.99. The van der Waals surface area contributed by atoms with Gasteiger partial charge in [0.1, 0.15) is 24.4 Å². The number of hydrogen-bond acceptors (Lipinski definition) is 8. The summed E-state index contributed by atoms with van der Waals surface area (Å²) in [5.41, 5.74) is 0. The third kappa shape index (κ3) is 42.2. The molecule has 1 amide bonds. The van der Waals surface area contributed by atoms with E-state index in [-0.39, 0.29) is 18.9 Å². The van der Waals surface area contributed by atoms with Crippen LogP contribution in [0.4, 0.5) is 0 Å². The minimum atomic E-state index is -1.57. The molecule has 7 atom stereocenters. The van der Waals surface area contributed by atoms with Gasteiger partial charge in [-0.05, 0) is 64.2 Å². The highest BCUT2D eigenvalue weighted by atomic mass is 16.7. The maximum absolute atomic E-state index is 13.1. The van der Waals surface area contributed by atoms with Crippen LogP contribution >= 0.6 is 0 Å². The number of aliphatic hydroxyl groups is 5. The highest BCUT2D eigenvalue weighted by Crippen LogP contribution is 2.23. The van der Waals surface area contributed by atoms with E-state index in [2.05, 4.69) is 104 Å². The zero-order chi connectivity index (χ0) is 52.9. The van der Waals surface area contributed by atoms with Crippen molar-refractivity contribution in [2.24, 2.45) is 0 Å². The van der Waals surface area contributed by atoms with Gasteiger partial charge in [0.15, 0.2) is 6.29 Å². The minimum absolute atomic E-state index is 0.166. The van der Waals surface area contributed by atoms with Gasteiger partial charge in [-0.2, -0.15) is 0 Å². The van der Waals surface area contributed by atoms with Crippen LogP contribution in [0.25, 0.3) is 0 Å². The molecule has 1 rings (SSSR count). The first-order valence-electron chi connectivity index (χ1n) is 30.3. The van der Waals surface area contributed by atoms with Crippen LogP contribution < -0.4 is 5.32 Å². The number of nitrogens with one attached hydrogen (secondary N) is 1. The third-order valence-corrected chi connectivity index (χ3v) is 14.0. The van der Waals surface area contributed by atoms with E-state index < -0.39 is 49.5 Å². The minimum Gasteiger partial charge on any atom is -0.394 e. The van der Waals surface area contributed by atoms with Gasteiger partial charge in [0.2, 0.25) is 5.91 Å². The molecular weight excluding hydrogens is 911 g/mol. The molecule has 73 heavy (non-hydrogen) atoms. The molecule has 1 fully saturated rings. The van der Waals surface area contributed by atoms with Crippen molar-refractivity contribution < 1.29 is 39.8 Å². The first-order valence-corrected chi connectivity index (χ1v) is 30.3. The van der Waals surface area contributed by atoms with E-state index in [1.54, 1.807) is 0 Å². The monoisotopic (exact) mass is 1020 g/mol. The van der Waals surface area contributed by atoms with Gasteiger partial charge in [0.05, 0.1) is 25.4 Å². The van der Waals surface area contributed by atoms with Gasteiger partial charge in [0, 0.05) is 6.42 Å². The summed E-state index contributed by atoms with van der Waals surface area (Å²) in [5, 5.41) is 54.7. The molecule has 9 heteroatoms. The highest BCUT2D eigenvalue weighted by Gasteiger charge is 2.44. The maximum atomic E-state index is 13.1. The number of carbonyl (C=O) groups excluding carboxylic acids is 1. The molecule has 1 saturated heterocycles. The Balaban J connectivity index is 2.23. The van der Waals surface area contributed by atoms with Crippen molar-refractivity contribution in [3.05, 3.63) is 85.1 Å². The van der Waals surface area contributed by atoms with Crippen LogP contribution in [-0.4, -0.2) is 87.5 Å². The van der Waals surface area contributed by atoms with Crippen molar-refractivity contribution in [2.45, 2.75) is 301 Å². The topological polar surface area (TPSA) is 149 Å². The lowest BCUT2D eigenvalue weighted by molar-refractivity contribution is -0.302. The number of aliphatic hydroxyl groups excluding tert-OH is 5. The normalized spacial score (nSPS) is 19.7. The Hall–Kier alpha value is -2.63. The fourth-order valence-electron chi connectivity index (χ4n) is 9.27. The smallest absolute Gasteiger partial charge is 0.220 e. The largest absolute Gasteiger partial charge is 0.394 e. The molecule has 0 aromatic heterocycles. The van der Waals surface area contributed by atoms with Crippen molar-refractivity contribution in [3.63, 3.8) is 0 Å². The zero-order valence-electron chi connectivity index (χ0n) is 46.9. The molecule has 7 unspecified atom stereocenters. The molecule has 1 aliphatic rings. The maximum Gasteiger partial charge on any atom is 0.220 e. The fraction of sp³-hybridized carbons (Fsp3) is 0.766. The number of unbranched alkanes of at least 4 members (excludes halogenated alkanes) is 27. The van der Waals surface area contributed by atoms with E-state index in [0.717, 1.165) is 70.6 Å². The van der Waals surface area contributed by atoms with Gasteiger partial charge < -0.3 is 40.3 Å². The Morgan fingerprint density at radius 2 is 0.836 bits per heavy atom. The summed E-state index contributed by atoms with van der Waals surface area (Å²) >= 11 is 0. The van der Waals surface area contributed by atoms with Crippen LogP contribution in [0, 0.1) is 0 Å². The van der Waals surface area contributed by atoms with Crippen LogP contribution in [0.2, 0.25) is 0 Å². The number of ether oxygens (including phenoxy) is 2. The first-order chi connectivity index (χ1) is 35.8. The molecule has 0 saturated carbocycles. The molecule has 422 valence electrons. The molecule has 0 aliphatic carbocycles. The molecule has 0 aromatic rings. The van der Waals surface area contributed by atoms with Gasteiger partial charge in [0.25, 0.3) is 0 Å². The summed E-state index contributed by atoms with van der Waals surface area (Å²) in [6, 6.07) is -0.757. The Labute approximate surface area is 448 Å². The van der Waals surface area contributed by atoms with Crippen molar-refractivity contribution in [2.75, 3.05) is 13.2 Å². The van der Waals surface area contributed by atoms with Gasteiger partial charge >= 0.3 is 0 Å². The molecule has 1 heterocycles. The molecule has 0 spiro atoms. The third-order valence-electron chi connectivity index (χ3n) is 14.0. The quantitative estimate of drug-likeness (QED) is 0.0261. The number of amides is 1. The highest BCUT2D eigenvalue weighted by molar-refractivity contribution is 5.76. The second-order valence-electron chi connectivity index (χ2n) is 20.8. The standard InChI is InChI=1S/C64H113NO8/c1-3-5-7-9-11-13-15-17-19-21-23-25-27-28-29-30-32-33-35-37-39-41-43-45-47-49-51-53-58(67)57(56-72-64-63(71)62(70)61(69)59(55-66)73-64)65-60(68)54-52-50-48-46-44-42-40-38-36-34-31-26-24-22-20-18-16-14-12-10-8-6-4-2/h6,8,12,14,18,20,24,26,34,36,40,42,46,48,57-59,61-64,66-67,69-71H,3-5,7,9-11,13,15-17,19,21-23,25,27-33,35,37-39,41,43-45,47,49-56H2,1-2H3,(H,65,68)/b8-6-,14-12-,20-18-,26-24-,36-34-,42-40-,48-46-. The van der Waals surface area contributed by atoms with E-state index in [4.69, 9.17) is 9.47 Å². The predicted octanol–water partition coefficient (Wildman–Crippen LogP) is 15.4. The number of hydrogen-bond donors (Lipinski definition) is 6. The van der Waals surface area contributed by atoms with Gasteiger partial charge in [-0.1, -0.05) is 272 Å². The van der Waals surface area contributed by atoms with E-state index in [1.165, 1.54) is 154 Å². The van der Waals surface area contributed by atoms with Gasteiger partial charge in [-0.25, -0.2) is 0 Å². The summed E-state index contributed by atoms with van der Waals surface area (Å²) in [4.78, 5) is 13.1. The second kappa shape index (κ2) is 52.8. The van der Waals surface area contributed by atoms with Gasteiger partial charge in [-0.3, -0.25) is 4.79 Å². The Morgan fingerprint density at radius 1 is 0.479 bits per heavy atom. The molecule has 0 radical (unpaired) electrons. The van der Waals surface area contributed by atoms with Crippen LogP contribution in [0.3, 0.4) is 0 Å². The average molecular weight is 1020 g/mol. The average Bonchev–Trinajstić information content (AvgIpc) is 3.39. The van der Waals surface area contributed by atoms with Crippen molar-refractivity contribution in [3.8, 4) is 0 Å². The van der Waals surface area contributed by atoms with E-state index in [1.807, 2.05) is 0 Å². The lowest BCUT2D eigenvalue weighted by Gasteiger charge is -2.40. The fourth-order valence-corrected chi connectivity index (χ4v) is 9.27. The van der Waals surface area contributed by atoms with E-state index >= 15 is 0 Å². The van der Waals surface area contributed by atoms with Crippen molar-refractivity contribution >= 4 is 5.91 Å². The number of rotatable bonds is 51. The molecule has 1 aliphatic heterocycles. The number of carbonyl (C=O) groups is 1. The van der Waals surface area contributed by atoms with Crippen LogP contribution in [-0.2, 0) is 14.3 Å². The van der Waals surface area contributed by atoms with Crippen LogP contribution in [0.1, 0.15) is 258 Å². The second-order valence-corrected chi connectivity index (χ2v) is 20.8. The Kier molecular flexibility index (Phi) is 49.5. The van der Waals surface area contributed by atoms with E-state index in [9.17, 15) is 30.3 Å². The van der Waals surface area contributed by atoms with Crippen molar-refractivity contribution in [1.29, 1.82) is 0 Å². The van der Waals surface area contributed by atoms with E-state index in [0.29, 0.717) is 12.8 Å². The number of allylic oxidation sites excluding steroid dienone is 14. The first kappa shape index (κ1) is 68.4. The predicted molar refractivity (Wildman–Crippen MR) is 308 cm³/mol. The SMILES string of the molecule is CC/C=C\C/C=C\C/C=C\C/C=C\C/C=C\C/C=C\C/C=C\CCCC(=O)NC(COC1OC(CO)C(O)C(O)C1O)C(O)CCCCCCCCCCCCCCCCCCCCCCCCCCCCC. The summed E-state index contributed by atoms with van der Waals surface area (Å²) in [6.45, 7) is 3.71. The summed E-state index contributed by atoms with van der Waals surface area (Å²) in [5.74, 6) is -0.202. The molecule has 6 N–H and O–H groups in total. The Morgan fingerprint density at radius 3 is 1.21 bits per heavy atom. The molecule has 9 nitrogen and oxygen atoms in total. The van der Waals surface area contributed by atoms with Gasteiger partial charge in [-0.15, -0.1) is 0 Å². The summed E-state index contributed by atoms with van der Waals surface area (Å²) in [6.07, 6.45) is 67.7. The lowest BCUT2D eigenvalue weighted by Crippen LogP contribution is -2.60. The summed E-state index contributed by atoms with van der Waals surface area (Å²) in [7, 11) is 0. The molecular formula is C64H113NO8. The molecule has 0 bridgehead atoms. The van der Waals surface area contributed by atoms with Crippen molar-refractivity contribution in [1.82, 2.24) is 5.32 Å². The van der Waals surface area contributed by atoms with Crippen LogP contribution in [0.15, 0.2) is 85.1 Å². The molecule has 0 aromatic carbocycles. The zero-order valence-corrected chi connectivity index (χ0v) is 46.9. The summed E-state index contributed by atoms with van der Waals surface area (Å²) < 4.78 is 11.3. The Bertz CT molecular complexity index is 1420.